The van der Waals surface area contributed by atoms with Crippen LogP contribution in [-0.2, 0) is 11.2 Å². The van der Waals surface area contributed by atoms with Gasteiger partial charge in [0, 0.05) is 23.8 Å². The van der Waals surface area contributed by atoms with Crippen molar-refractivity contribution < 1.29 is 9.53 Å². The molecule has 3 rings (SSSR count). The van der Waals surface area contributed by atoms with Gasteiger partial charge in [-0.05, 0) is 36.8 Å². The Bertz CT molecular complexity index is 844. The van der Waals surface area contributed by atoms with Gasteiger partial charge in [0.05, 0.1) is 23.9 Å². The Morgan fingerprint density at radius 3 is 2.58 bits per heavy atom. The van der Waals surface area contributed by atoms with E-state index in [1.165, 1.54) is 0 Å². The van der Waals surface area contributed by atoms with Crippen LogP contribution in [0.1, 0.15) is 30.0 Å². The number of hydrogen-bond donors (Lipinski definition) is 1. The highest BCUT2D eigenvalue weighted by atomic mass is 32.1. The smallest absolute Gasteiger partial charge is 0.220 e. The third-order valence-corrected chi connectivity index (χ3v) is 5.09. The van der Waals surface area contributed by atoms with Gasteiger partial charge in [-0.1, -0.05) is 30.3 Å². The van der Waals surface area contributed by atoms with Crippen molar-refractivity contribution in [2.75, 3.05) is 7.11 Å². The molecule has 1 amide bonds. The molecule has 0 bridgehead atoms. The van der Waals surface area contributed by atoms with Crippen LogP contribution in [0.25, 0.3) is 11.3 Å². The Hall–Kier alpha value is -2.66. The molecule has 0 saturated carbocycles. The van der Waals surface area contributed by atoms with Gasteiger partial charge in [-0.3, -0.25) is 4.79 Å². The molecule has 5 heteroatoms. The predicted molar refractivity (Wildman–Crippen MR) is 105 cm³/mol. The Morgan fingerprint density at radius 2 is 1.88 bits per heavy atom. The van der Waals surface area contributed by atoms with Crippen LogP contribution in [-0.4, -0.2) is 18.0 Å². The summed E-state index contributed by atoms with van der Waals surface area (Å²) in [4.78, 5) is 16.8. The number of nitrogens with one attached hydrogen (secondary N) is 1. The highest BCUT2D eigenvalue weighted by molar-refractivity contribution is 7.09. The normalized spacial score (nSPS) is 11.8. The third-order valence-electron chi connectivity index (χ3n) is 4.18. The first kappa shape index (κ1) is 18.1. The number of benzene rings is 2. The average molecular weight is 366 g/mol. The second kappa shape index (κ2) is 8.63. The second-order valence-corrected chi connectivity index (χ2v) is 7.00. The maximum absolute atomic E-state index is 12.2. The van der Waals surface area contributed by atoms with E-state index >= 15 is 0 Å². The summed E-state index contributed by atoms with van der Waals surface area (Å²) in [5.41, 5.74) is 3.10. The Balaban J connectivity index is 1.53. The highest BCUT2D eigenvalue weighted by Gasteiger charge is 2.11. The van der Waals surface area contributed by atoms with Gasteiger partial charge in [0.15, 0.2) is 0 Å². The zero-order valence-corrected chi connectivity index (χ0v) is 15.8. The Labute approximate surface area is 157 Å². The van der Waals surface area contributed by atoms with Crippen molar-refractivity contribution in [2.45, 2.75) is 25.8 Å². The molecule has 1 aromatic heterocycles. The quantitative estimate of drug-likeness (QED) is 0.663. The molecule has 2 aromatic carbocycles. The van der Waals surface area contributed by atoms with Crippen molar-refractivity contribution >= 4 is 17.2 Å². The number of aryl methyl sites for hydroxylation is 1. The number of carbonyl (C=O) groups is 1. The molecule has 0 aliphatic heterocycles. The molecule has 0 spiro atoms. The highest BCUT2D eigenvalue weighted by Crippen LogP contribution is 2.24. The second-order valence-electron chi connectivity index (χ2n) is 6.05. The van der Waals surface area contributed by atoms with Crippen molar-refractivity contribution in [1.82, 2.24) is 10.3 Å². The van der Waals surface area contributed by atoms with Crippen LogP contribution in [0.3, 0.4) is 0 Å². The molecule has 0 aliphatic carbocycles. The molecule has 1 heterocycles. The van der Waals surface area contributed by atoms with Gasteiger partial charge in [0.2, 0.25) is 5.91 Å². The number of methoxy groups -OCH3 is 1. The maximum Gasteiger partial charge on any atom is 0.220 e. The van der Waals surface area contributed by atoms with Gasteiger partial charge in [-0.25, -0.2) is 4.98 Å². The number of aromatic nitrogens is 1. The van der Waals surface area contributed by atoms with E-state index in [1.807, 2.05) is 66.9 Å². The fourth-order valence-corrected chi connectivity index (χ4v) is 3.49. The SMILES string of the molecule is COc1ccc(-c2csc(CCC(=O)NC(C)c3ccccc3)n2)cc1. The summed E-state index contributed by atoms with van der Waals surface area (Å²) in [6.45, 7) is 2.00. The van der Waals surface area contributed by atoms with Crippen LogP contribution in [0.2, 0.25) is 0 Å². The van der Waals surface area contributed by atoms with E-state index in [9.17, 15) is 4.79 Å². The Kier molecular flexibility index (Phi) is 6.02. The van der Waals surface area contributed by atoms with E-state index < -0.39 is 0 Å². The van der Waals surface area contributed by atoms with E-state index in [4.69, 9.17) is 4.74 Å². The lowest BCUT2D eigenvalue weighted by Crippen LogP contribution is -2.26. The number of amides is 1. The molecule has 26 heavy (non-hydrogen) atoms. The van der Waals surface area contributed by atoms with E-state index in [0.29, 0.717) is 12.8 Å². The first-order valence-electron chi connectivity index (χ1n) is 8.59. The maximum atomic E-state index is 12.2. The van der Waals surface area contributed by atoms with Crippen LogP contribution < -0.4 is 10.1 Å². The standard InChI is InChI=1S/C21H22N2O2S/c1-15(16-6-4-3-5-7-16)22-20(24)12-13-21-23-19(14-26-21)17-8-10-18(25-2)11-9-17/h3-11,14-15H,12-13H2,1-2H3,(H,22,24). The van der Waals surface area contributed by atoms with Crippen LogP contribution in [0, 0.1) is 0 Å². The number of nitrogens with zero attached hydrogens (tertiary/aromatic N) is 1. The lowest BCUT2D eigenvalue weighted by Gasteiger charge is -2.13. The van der Waals surface area contributed by atoms with Crippen LogP contribution in [0.4, 0.5) is 0 Å². The summed E-state index contributed by atoms with van der Waals surface area (Å²) < 4.78 is 5.18. The molecule has 1 N–H and O–H groups in total. The molecular weight excluding hydrogens is 344 g/mol. The van der Waals surface area contributed by atoms with E-state index in [2.05, 4.69) is 10.3 Å². The summed E-state index contributed by atoms with van der Waals surface area (Å²) in [7, 11) is 1.65. The molecule has 1 atom stereocenters. The summed E-state index contributed by atoms with van der Waals surface area (Å²) in [6.07, 6.45) is 1.08. The fourth-order valence-electron chi connectivity index (χ4n) is 2.68. The molecule has 1 unspecified atom stereocenters. The van der Waals surface area contributed by atoms with Gasteiger partial charge < -0.3 is 10.1 Å². The molecule has 3 aromatic rings. The Morgan fingerprint density at radius 1 is 1.15 bits per heavy atom. The molecule has 134 valence electrons. The lowest BCUT2D eigenvalue weighted by atomic mass is 10.1. The topological polar surface area (TPSA) is 51.2 Å². The van der Waals surface area contributed by atoms with Gasteiger partial charge in [0.1, 0.15) is 5.75 Å². The molecule has 0 radical (unpaired) electrons. The van der Waals surface area contributed by atoms with Gasteiger partial charge in [0.25, 0.3) is 0 Å². The van der Waals surface area contributed by atoms with Crippen molar-refractivity contribution in [1.29, 1.82) is 0 Å². The average Bonchev–Trinajstić information content (AvgIpc) is 3.16. The van der Waals surface area contributed by atoms with Crippen molar-refractivity contribution in [3.05, 3.63) is 70.5 Å². The first-order valence-corrected chi connectivity index (χ1v) is 9.47. The fraction of sp³-hybridized carbons (Fsp3) is 0.238. The zero-order chi connectivity index (χ0) is 18.4. The number of ether oxygens (including phenoxy) is 1. The zero-order valence-electron chi connectivity index (χ0n) is 14.9. The van der Waals surface area contributed by atoms with Gasteiger partial charge >= 0.3 is 0 Å². The predicted octanol–water partition coefficient (Wildman–Crippen LogP) is 4.63. The number of hydrogen-bond acceptors (Lipinski definition) is 4. The van der Waals surface area contributed by atoms with E-state index in [-0.39, 0.29) is 11.9 Å². The molecule has 4 nitrogen and oxygen atoms in total. The van der Waals surface area contributed by atoms with Crippen molar-refractivity contribution in [2.24, 2.45) is 0 Å². The minimum Gasteiger partial charge on any atom is -0.497 e. The van der Waals surface area contributed by atoms with Crippen molar-refractivity contribution in [3.63, 3.8) is 0 Å². The van der Waals surface area contributed by atoms with Crippen LogP contribution in [0.15, 0.2) is 60.0 Å². The summed E-state index contributed by atoms with van der Waals surface area (Å²) in [6, 6.07) is 17.8. The molecular formula is C21H22N2O2S. The van der Waals surface area contributed by atoms with Gasteiger partial charge in [-0.2, -0.15) is 0 Å². The number of carbonyl (C=O) groups excluding carboxylic acids is 1. The third kappa shape index (κ3) is 4.70. The largest absolute Gasteiger partial charge is 0.497 e. The van der Waals surface area contributed by atoms with Crippen LogP contribution >= 0.6 is 11.3 Å². The minimum atomic E-state index is 0.00913. The monoisotopic (exact) mass is 366 g/mol. The number of thiazole rings is 1. The summed E-state index contributed by atoms with van der Waals surface area (Å²) in [5, 5.41) is 6.04. The summed E-state index contributed by atoms with van der Waals surface area (Å²) >= 11 is 1.59. The van der Waals surface area contributed by atoms with Crippen molar-refractivity contribution in [3.8, 4) is 17.0 Å². The van der Waals surface area contributed by atoms with E-state index in [0.717, 1.165) is 27.6 Å². The first-order chi connectivity index (χ1) is 12.7. The minimum absolute atomic E-state index is 0.00913. The lowest BCUT2D eigenvalue weighted by molar-refractivity contribution is -0.121. The van der Waals surface area contributed by atoms with E-state index in [1.54, 1.807) is 18.4 Å². The molecule has 0 aliphatic rings. The van der Waals surface area contributed by atoms with Crippen LogP contribution in [0.5, 0.6) is 5.75 Å². The molecule has 0 saturated heterocycles. The number of rotatable bonds is 7. The van der Waals surface area contributed by atoms with Gasteiger partial charge in [-0.15, -0.1) is 11.3 Å². The summed E-state index contributed by atoms with van der Waals surface area (Å²) in [5.74, 6) is 0.871. The molecule has 0 fully saturated rings.